The molecule has 0 radical (unpaired) electrons. The Hall–Kier alpha value is -1.62. The second-order valence-corrected chi connectivity index (χ2v) is 5.29. The van der Waals surface area contributed by atoms with Crippen LogP contribution in [0.25, 0.3) is 0 Å². The molecule has 140 valence electrons. The van der Waals surface area contributed by atoms with Gasteiger partial charge >= 0.3 is 12.1 Å². The topological polar surface area (TPSA) is 84.0 Å². The lowest BCUT2D eigenvalue weighted by molar-refractivity contribution is 0.0737. The Kier molecular flexibility index (Phi) is 9.38. The van der Waals surface area contributed by atoms with Gasteiger partial charge in [-0.15, -0.1) is 0 Å². The number of ether oxygens (including phenoxy) is 4. The van der Waals surface area contributed by atoms with E-state index in [0.29, 0.717) is 26.9 Å². The molecule has 2 rings (SSSR count). The molecule has 24 heavy (non-hydrogen) atoms. The van der Waals surface area contributed by atoms with Gasteiger partial charge < -0.3 is 18.9 Å². The molecule has 0 aromatic rings. The SMILES string of the molecule is COCN1CCN(COC)C1=O.COCN1CCN(COC)C1=O. The Morgan fingerprint density at radius 3 is 0.958 bits per heavy atom. The van der Waals surface area contributed by atoms with E-state index in [-0.39, 0.29) is 12.1 Å². The van der Waals surface area contributed by atoms with E-state index in [1.54, 1.807) is 48.0 Å². The summed E-state index contributed by atoms with van der Waals surface area (Å²) in [6, 6.07) is -0.0302. The molecule has 2 saturated heterocycles. The highest BCUT2D eigenvalue weighted by Gasteiger charge is 2.28. The van der Waals surface area contributed by atoms with Crippen molar-refractivity contribution in [3.05, 3.63) is 0 Å². The van der Waals surface area contributed by atoms with Gasteiger partial charge in [0.1, 0.15) is 26.9 Å². The zero-order valence-electron chi connectivity index (χ0n) is 14.9. The van der Waals surface area contributed by atoms with Gasteiger partial charge in [0.15, 0.2) is 0 Å². The normalized spacial score (nSPS) is 17.7. The number of nitrogens with zero attached hydrogens (tertiary/aromatic N) is 4. The average Bonchev–Trinajstić information content (AvgIpc) is 3.08. The highest BCUT2D eigenvalue weighted by Crippen LogP contribution is 2.08. The Bertz CT molecular complexity index is 329. The maximum atomic E-state index is 11.4. The zero-order valence-corrected chi connectivity index (χ0v) is 14.9. The maximum Gasteiger partial charge on any atom is 0.323 e. The molecule has 0 saturated carbocycles. The standard InChI is InChI=1S/2C7H14N2O3/c2*1-11-5-8-3-4-9(6-12-2)7(8)10/h2*3-6H2,1-2H3. The number of hydrogen-bond donors (Lipinski definition) is 0. The van der Waals surface area contributed by atoms with Crippen molar-refractivity contribution in [3.8, 4) is 0 Å². The third kappa shape index (κ3) is 5.78. The summed E-state index contributed by atoms with van der Waals surface area (Å²) in [7, 11) is 6.30. The summed E-state index contributed by atoms with van der Waals surface area (Å²) >= 11 is 0. The van der Waals surface area contributed by atoms with Gasteiger partial charge in [-0.3, -0.25) is 19.6 Å². The van der Waals surface area contributed by atoms with Crippen LogP contribution in [0.5, 0.6) is 0 Å². The van der Waals surface area contributed by atoms with E-state index in [4.69, 9.17) is 18.9 Å². The van der Waals surface area contributed by atoms with Crippen molar-refractivity contribution in [3.63, 3.8) is 0 Å². The fourth-order valence-electron chi connectivity index (χ4n) is 2.37. The molecule has 2 aliphatic rings. The lowest BCUT2D eigenvalue weighted by Crippen LogP contribution is -2.33. The van der Waals surface area contributed by atoms with E-state index >= 15 is 0 Å². The summed E-state index contributed by atoms with van der Waals surface area (Å²) in [5, 5.41) is 0. The van der Waals surface area contributed by atoms with Crippen LogP contribution >= 0.6 is 0 Å². The van der Waals surface area contributed by atoms with Crippen LogP contribution in [0.15, 0.2) is 0 Å². The van der Waals surface area contributed by atoms with Gasteiger partial charge in [0.25, 0.3) is 0 Å². The van der Waals surface area contributed by atoms with Crippen molar-refractivity contribution in [2.24, 2.45) is 0 Å². The first-order valence-corrected chi connectivity index (χ1v) is 7.62. The van der Waals surface area contributed by atoms with E-state index in [9.17, 15) is 9.59 Å². The monoisotopic (exact) mass is 348 g/mol. The Morgan fingerprint density at radius 1 is 0.583 bits per heavy atom. The van der Waals surface area contributed by atoms with Crippen molar-refractivity contribution < 1.29 is 28.5 Å². The zero-order chi connectivity index (χ0) is 17.9. The third-order valence-electron chi connectivity index (χ3n) is 3.50. The van der Waals surface area contributed by atoms with Crippen LogP contribution in [-0.4, -0.2) is 113 Å². The summed E-state index contributed by atoms with van der Waals surface area (Å²) < 4.78 is 19.4. The second-order valence-electron chi connectivity index (χ2n) is 5.29. The van der Waals surface area contributed by atoms with E-state index in [1.807, 2.05) is 0 Å². The summed E-state index contributed by atoms with van der Waals surface area (Å²) in [6.45, 7) is 4.31. The quantitative estimate of drug-likeness (QED) is 0.607. The van der Waals surface area contributed by atoms with Crippen LogP contribution in [0.2, 0.25) is 0 Å². The Balaban J connectivity index is 0.000000240. The lowest BCUT2D eigenvalue weighted by Gasteiger charge is -2.16. The smallest absolute Gasteiger partial charge is 0.323 e. The molecule has 4 amide bonds. The maximum absolute atomic E-state index is 11.4. The number of carbonyl (C=O) groups is 2. The largest absolute Gasteiger partial charge is 0.364 e. The highest BCUT2D eigenvalue weighted by atomic mass is 16.5. The van der Waals surface area contributed by atoms with E-state index in [2.05, 4.69) is 0 Å². The van der Waals surface area contributed by atoms with Gasteiger partial charge in [-0.05, 0) is 0 Å². The first-order valence-electron chi connectivity index (χ1n) is 7.62. The van der Waals surface area contributed by atoms with Gasteiger partial charge in [-0.1, -0.05) is 0 Å². The molecule has 2 heterocycles. The molecule has 0 unspecified atom stereocenters. The molecule has 0 spiro atoms. The average molecular weight is 348 g/mol. The number of rotatable bonds is 8. The number of hydrogen-bond acceptors (Lipinski definition) is 6. The molecule has 2 fully saturated rings. The minimum Gasteiger partial charge on any atom is -0.364 e. The molecule has 0 bridgehead atoms. The molecule has 10 heteroatoms. The Labute approximate surface area is 142 Å². The highest BCUT2D eigenvalue weighted by molar-refractivity contribution is 5.76. The number of methoxy groups -OCH3 is 4. The lowest BCUT2D eigenvalue weighted by atomic mass is 10.6. The first-order chi connectivity index (χ1) is 11.6. The van der Waals surface area contributed by atoms with E-state index in [1.165, 1.54) is 0 Å². The molecule has 0 atom stereocenters. The summed E-state index contributed by atoms with van der Waals surface area (Å²) in [4.78, 5) is 29.3. The van der Waals surface area contributed by atoms with Gasteiger partial charge in [-0.25, -0.2) is 9.59 Å². The minimum absolute atomic E-state index is 0.0151. The van der Waals surface area contributed by atoms with Crippen LogP contribution < -0.4 is 0 Å². The molecule has 0 aliphatic carbocycles. The van der Waals surface area contributed by atoms with Crippen molar-refractivity contribution >= 4 is 12.1 Å². The van der Waals surface area contributed by atoms with Crippen LogP contribution in [0.3, 0.4) is 0 Å². The van der Waals surface area contributed by atoms with E-state index < -0.39 is 0 Å². The van der Waals surface area contributed by atoms with Crippen LogP contribution in [0, 0.1) is 0 Å². The predicted molar refractivity (Wildman–Crippen MR) is 85.1 cm³/mol. The van der Waals surface area contributed by atoms with Gasteiger partial charge in [0.2, 0.25) is 0 Å². The molecule has 10 nitrogen and oxygen atoms in total. The van der Waals surface area contributed by atoms with Crippen LogP contribution in [0.1, 0.15) is 0 Å². The minimum atomic E-state index is -0.0151. The first kappa shape index (κ1) is 20.4. The van der Waals surface area contributed by atoms with Crippen LogP contribution in [-0.2, 0) is 18.9 Å². The summed E-state index contributed by atoms with van der Waals surface area (Å²) in [5.41, 5.74) is 0. The van der Waals surface area contributed by atoms with Gasteiger partial charge in [0, 0.05) is 54.6 Å². The molecular weight excluding hydrogens is 320 g/mol. The van der Waals surface area contributed by atoms with E-state index in [0.717, 1.165) is 26.2 Å². The van der Waals surface area contributed by atoms with Crippen molar-refractivity contribution in [1.82, 2.24) is 19.6 Å². The van der Waals surface area contributed by atoms with Crippen LogP contribution in [0.4, 0.5) is 9.59 Å². The Morgan fingerprint density at radius 2 is 0.792 bits per heavy atom. The summed E-state index contributed by atoms with van der Waals surface area (Å²) in [6.07, 6.45) is 0. The third-order valence-corrected chi connectivity index (χ3v) is 3.50. The molecule has 0 aromatic carbocycles. The molecule has 0 N–H and O–H groups in total. The number of amides is 4. The van der Waals surface area contributed by atoms with Gasteiger partial charge in [0.05, 0.1) is 0 Å². The molecular formula is C14H28N4O6. The number of carbonyl (C=O) groups excluding carboxylic acids is 2. The van der Waals surface area contributed by atoms with Crippen molar-refractivity contribution in [2.45, 2.75) is 0 Å². The summed E-state index contributed by atoms with van der Waals surface area (Å²) in [5.74, 6) is 0. The van der Waals surface area contributed by atoms with Crippen molar-refractivity contribution in [2.75, 3.05) is 81.5 Å². The fraction of sp³-hybridized carbons (Fsp3) is 0.857. The molecule has 2 aliphatic heterocycles. The van der Waals surface area contributed by atoms with Gasteiger partial charge in [-0.2, -0.15) is 0 Å². The second kappa shape index (κ2) is 11.0. The number of urea groups is 2. The van der Waals surface area contributed by atoms with Crippen molar-refractivity contribution in [1.29, 1.82) is 0 Å². The fourth-order valence-corrected chi connectivity index (χ4v) is 2.37. The predicted octanol–water partition coefficient (Wildman–Crippen LogP) is -0.136. The molecule has 0 aromatic heterocycles.